The lowest BCUT2D eigenvalue weighted by Gasteiger charge is -2.25. The molecular weight excluding hydrogens is 231 g/mol. The van der Waals surface area contributed by atoms with Gasteiger partial charge in [0, 0.05) is 5.56 Å². The number of benzene rings is 1. The predicted octanol–water partition coefficient (Wildman–Crippen LogP) is 3.43. The molecule has 0 saturated carbocycles. The minimum absolute atomic E-state index is 0.0464. The summed E-state index contributed by atoms with van der Waals surface area (Å²) in [6.45, 7) is 5.30. The Hall–Kier alpha value is -1.23. The van der Waals surface area contributed by atoms with Gasteiger partial charge in [-0.25, -0.2) is 0 Å². The van der Waals surface area contributed by atoms with Gasteiger partial charge in [0.2, 0.25) is 0 Å². The zero-order chi connectivity index (χ0) is 13.3. The van der Waals surface area contributed by atoms with E-state index in [1.165, 1.54) is 18.2 Å². The molecule has 2 N–H and O–H groups in total. The first-order chi connectivity index (χ1) is 7.61. The average molecular weight is 247 g/mol. The maximum absolute atomic E-state index is 12.6. The number of nitrogens with two attached hydrogens (primary N) is 1. The normalized spacial score (nSPS) is 14.5. The van der Waals surface area contributed by atoms with Gasteiger partial charge in [-0.1, -0.05) is 18.2 Å². The van der Waals surface area contributed by atoms with E-state index in [2.05, 4.69) is 0 Å². The molecule has 0 aromatic heterocycles. The summed E-state index contributed by atoms with van der Waals surface area (Å²) < 4.78 is 43.2. The van der Waals surface area contributed by atoms with E-state index in [9.17, 15) is 13.2 Å². The highest BCUT2D eigenvalue weighted by Gasteiger charge is 2.39. The Labute approximate surface area is 98.6 Å². The van der Waals surface area contributed by atoms with Crippen LogP contribution in [0.3, 0.4) is 0 Å². The van der Waals surface area contributed by atoms with Crippen molar-refractivity contribution in [1.29, 1.82) is 0 Å². The number of alkyl halides is 3. The van der Waals surface area contributed by atoms with Crippen LogP contribution >= 0.6 is 0 Å². The summed E-state index contributed by atoms with van der Waals surface area (Å²) in [5.74, 6) is 0.171. The Bertz CT molecular complexity index is 382. The molecule has 0 unspecified atom stereocenters. The van der Waals surface area contributed by atoms with Crippen molar-refractivity contribution >= 4 is 0 Å². The van der Waals surface area contributed by atoms with Gasteiger partial charge in [0.1, 0.15) is 17.4 Å². The molecule has 0 saturated heterocycles. The van der Waals surface area contributed by atoms with Crippen LogP contribution in [-0.4, -0.2) is 11.8 Å². The van der Waals surface area contributed by atoms with E-state index in [1.807, 2.05) is 0 Å². The quantitative estimate of drug-likeness (QED) is 0.869. The zero-order valence-corrected chi connectivity index (χ0v) is 10.0. The van der Waals surface area contributed by atoms with Crippen LogP contribution in [-0.2, 0) is 0 Å². The summed E-state index contributed by atoms with van der Waals surface area (Å²) in [5.41, 5.74) is 4.57. The number of ether oxygens (including phenoxy) is 1. The van der Waals surface area contributed by atoms with Crippen molar-refractivity contribution in [3.8, 4) is 5.75 Å². The third-order valence-electron chi connectivity index (χ3n) is 2.02. The van der Waals surface area contributed by atoms with Gasteiger partial charge >= 0.3 is 6.18 Å². The third kappa shape index (κ3) is 3.93. The number of rotatable bonds is 2. The molecule has 0 heterocycles. The van der Waals surface area contributed by atoms with Gasteiger partial charge in [-0.2, -0.15) is 13.2 Å². The molecule has 2 nitrogen and oxygen atoms in total. The minimum atomic E-state index is -4.47. The zero-order valence-electron chi connectivity index (χ0n) is 10.0. The van der Waals surface area contributed by atoms with Gasteiger partial charge in [0.25, 0.3) is 0 Å². The van der Waals surface area contributed by atoms with Crippen LogP contribution in [0.2, 0.25) is 0 Å². The lowest BCUT2D eigenvalue weighted by Crippen LogP contribution is -2.30. The van der Waals surface area contributed by atoms with E-state index in [0.717, 1.165) is 0 Å². The number of hydrogen-bond donors (Lipinski definition) is 1. The van der Waals surface area contributed by atoms with Crippen LogP contribution in [0, 0.1) is 0 Å². The lowest BCUT2D eigenvalue weighted by atomic mass is 10.1. The van der Waals surface area contributed by atoms with Crippen molar-refractivity contribution in [1.82, 2.24) is 0 Å². The highest BCUT2D eigenvalue weighted by atomic mass is 19.4. The Morgan fingerprint density at radius 1 is 1.12 bits per heavy atom. The molecule has 1 atom stereocenters. The van der Waals surface area contributed by atoms with E-state index >= 15 is 0 Å². The Morgan fingerprint density at radius 2 is 1.65 bits per heavy atom. The molecule has 96 valence electrons. The van der Waals surface area contributed by atoms with Crippen molar-refractivity contribution < 1.29 is 17.9 Å². The first kappa shape index (κ1) is 13.8. The van der Waals surface area contributed by atoms with Crippen molar-refractivity contribution in [2.24, 2.45) is 5.73 Å². The molecule has 0 aliphatic rings. The third-order valence-corrected chi connectivity index (χ3v) is 2.02. The highest BCUT2D eigenvalue weighted by Crippen LogP contribution is 2.36. The van der Waals surface area contributed by atoms with Crippen LogP contribution in [0.15, 0.2) is 24.3 Å². The molecule has 0 bridgehead atoms. The van der Waals surface area contributed by atoms with E-state index in [4.69, 9.17) is 10.5 Å². The molecule has 0 radical (unpaired) electrons. The molecule has 0 amide bonds. The van der Waals surface area contributed by atoms with Gasteiger partial charge in [-0.15, -0.1) is 0 Å². The maximum atomic E-state index is 12.6. The average Bonchev–Trinajstić information content (AvgIpc) is 2.13. The van der Waals surface area contributed by atoms with Crippen LogP contribution in [0.25, 0.3) is 0 Å². The first-order valence-corrected chi connectivity index (χ1v) is 5.21. The molecule has 5 heteroatoms. The largest absolute Gasteiger partial charge is 0.488 e. The molecule has 17 heavy (non-hydrogen) atoms. The Kier molecular flexibility index (Phi) is 3.71. The fourth-order valence-electron chi connectivity index (χ4n) is 1.34. The van der Waals surface area contributed by atoms with Crippen LogP contribution < -0.4 is 10.5 Å². The van der Waals surface area contributed by atoms with E-state index in [-0.39, 0.29) is 11.3 Å². The van der Waals surface area contributed by atoms with Gasteiger partial charge in [0.15, 0.2) is 0 Å². The number of halogens is 3. The topological polar surface area (TPSA) is 35.2 Å². The molecule has 0 fully saturated rings. The minimum Gasteiger partial charge on any atom is -0.488 e. The summed E-state index contributed by atoms with van der Waals surface area (Å²) in [6, 6.07) is 3.93. The van der Waals surface area contributed by atoms with Crippen LogP contribution in [0.5, 0.6) is 5.75 Å². The molecule has 0 spiro atoms. The van der Waals surface area contributed by atoms with Gasteiger partial charge in [-0.05, 0) is 26.8 Å². The Balaban J connectivity index is 3.08. The monoisotopic (exact) mass is 247 g/mol. The summed E-state index contributed by atoms with van der Waals surface area (Å²) in [4.78, 5) is 0. The molecule has 1 rings (SSSR count). The van der Waals surface area contributed by atoms with Crippen LogP contribution in [0.1, 0.15) is 32.4 Å². The molecule has 0 aliphatic heterocycles. The first-order valence-electron chi connectivity index (χ1n) is 5.21. The second-order valence-corrected chi connectivity index (χ2v) is 4.77. The van der Waals surface area contributed by atoms with Gasteiger partial charge < -0.3 is 10.5 Å². The highest BCUT2D eigenvalue weighted by molar-refractivity contribution is 5.37. The van der Waals surface area contributed by atoms with Gasteiger partial charge in [0.05, 0.1) is 0 Å². The fourth-order valence-corrected chi connectivity index (χ4v) is 1.34. The van der Waals surface area contributed by atoms with E-state index in [0.29, 0.717) is 0 Å². The standard InChI is InChI=1S/C12H16F3NO/c1-11(2,3)17-9-7-5-4-6-8(9)10(16)12(13,14)15/h4-7,10H,16H2,1-3H3/t10-/m1/s1. The maximum Gasteiger partial charge on any atom is 0.407 e. The van der Waals surface area contributed by atoms with Crippen molar-refractivity contribution in [3.05, 3.63) is 29.8 Å². The second kappa shape index (κ2) is 4.56. The summed E-state index contributed by atoms with van der Waals surface area (Å²) in [7, 11) is 0. The molecule has 1 aromatic rings. The predicted molar refractivity (Wildman–Crippen MR) is 59.8 cm³/mol. The number of hydrogen-bond acceptors (Lipinski definition) is 2. The SMILES string of the molecule is CC(C)(C)Oc1ccccc1[C@@H](N)C(F)(F)F. The number of para-hydroxylation sites is 1. The van der Waals surface area contributed by atoms with Crippen molar-refractivity contribution in [2.45, 2.75) is 38.6 Å². The molecule has 0 aliphatic carbocycles. The van der Waals surface area contributed by atoms with E-state index < -0.39 is 17.8 Å². The molecular formula is C12H16F3NO. The van der Waals surface area contributed by atoms with E-state index in [1.54, 1.807) is 26.8 Å². The van der Waals surface area contributed by atoms with Crippen molar-refractivity contribution in [2.75, 3.05) is 0 Å². The summed E-state index contributed by atoms with van der Waals surface area (Å²) >= 11 is 0. The van der Waals surface area contributed by atoms with Gasteiger partial charge in [-0.3, -0.25) is 0 Å². The van der Waals surface area contributed by atoms with Crippen LogP contribution in [0.4, 0.5) is 13.2 Å². The molecule has 1 aromatic carbocycles. The van der Waals surface area contributed by atoms with Crippen molar-refractivity contribution in [3.63, 3.8) is 0 Å². The Morgan fingerprint density at radius 3 is 2.12 bits per heavy atom. The summed E-state index contributed by atoms with van der Waals surface area (Å²) in [5, 5.41) is 0. The second-order valence-electron chi connectivity index (χ2n) is 4.77. The smallest absolute Gasteiger partial charge is 0.407 e. The summed E-state index contributed by atoms with van der Waals surface area (Å²) in [6.07, 6.45) is -4.47. The fraction of sp³-hybridized carbons (Fsp3) is 0.500. The lowest BCUT2D eigenvalue weighted by molar-refractivity contribution is -0.149.